The minimum absolute atomic E-state index is 0.0899. The van der Waals surface area contributed by atoms with Gasteiger partial charge in [0.2, 0.25) is 5.71 Å². The van der Waals surface area contributed by atoms with Crippen LogP contribution < -0.4 is 14.8 Å². The summed E-state index contributed by atoms with van der Waals surface area (Å²) in [6, 6.07) is 2.89. The number of carbonyl (C=O) groups is 3. The summed E-state index contributed by atoms with van der Waals surface area (Å²) >= 11 is 4.54. The van der Waals surface area contributed by atoms with Gasteiger partial charge in [-0.15, -0.1) is 23.1 Å². The Labute approximate surface area is 237 Å². The molecule has 39 heavy (non-hydrogen) atoms. The summed E-state index contributed by atoms with van der Waals surface area (Å²) in [4.78, 5) is 62.9. The van der Waals surface area contributed by atoms with Crippen molar-refractivity contribution in [1.29, 1.82) is 0 Å². The molecule has 0 bridgehead atoms. The van der Waals surface area contributed by atoms with Crippen molar-refractivity contribution < 1.29 is 28.9 Å². The first-order valence-electron chi connectivity index (χ1n) is 11.3. The zero-order chi connectivity index (χ0) is 27.7. The number of thiazole rings is 1. The highest BCUT2D eigenvalue weighted by molar-refractivity contribution is 8.07. The van der Waals surface area contributed by atoms with Gasteiger partial charge in [0.05, 0.1) is 5.69 Å². The number of carboxylic acids is 1. The number of aryl methyl sites for hydroxylation is 1. The molecule has 13 nitrogen and oxygen atoms in total. The van der Waals surface area contributed by atoms with E-state index in [2.05, 4.69) is 24.8 Å². The fourth-order valence-electron chi connectivity index (χ4n) is 3.75. The number of aromatic nitrogens is 4. The van der Waals surface area contributed by atoms with Gasteiger partial charge in [0.1, 0.15) is 30.8 Å². The standard InChI is InChI=1S/C22H19N7O6S4/c1-3-35-26-13(16-25-21(34)39-27-16)17(30)24-14-18(31)29-15(20(32)33)12(9-36-19(14)29)38-22-23-11(8-37-22)10-4-6-28(2)7-5-10/h4-8,14,19H,3,9H2,1-2H3,(H2-,24,25,27,30,32,33,34)/p+1/t14?,19-/m1/s1. The zero-order valence-electron chi connectivity index (χ0n) is 20.3. The van der Waals surface area contributed by atoms with Crippen molar-refractivity contribution in [2.24, 2.45) is 12.2 Å². The monoisotopic (exact) mass is 606 g/mol. The smallest absolute Gasteiger partial charge is 0.353 e. The summed E-state index contributed by atoms with van der Waals surface area (Å²) in [6.07, 6.45) is 3.83. The van der Waals surface area contributed by atoms with Crippen LogP contribution >= 0.6 is 46.4 Å². The summed E-state index contributed by atoms with van der Waals surface area (Å²) in [5.41, 5.74) is 1.29. The molecule has 202 valence electrons. The lowest BCUT2D eigenvalue weighted by atomic mass is 10.0. The number of carboxylic acid groups (broad SMARTS) is 1. The number of aliphatic carboxylic acids is 1. The van der Waals surface area contributed by atoms with E-state index in [0.717, 1.165) is 11.3 Å². The van der Waals surface area contributed by atoms with Crippen LogP contribution in [0.2, 0.25) is 0 Å². The summed E-state index contributed by atoms with van der Waals surface area (Å²) in [5.74, 6) is -2.38. The second-order valence-electron chi connectivity index (χ2n) is 8.09. The predicted molar refractivity (Wildman–Crippen MR) is 145 cm³/mol. The molecule has 2 atom stereocenters. The molecule has 0 aliphatic carbocycles. The Morgan fingerprint density at radius 1 is 1.36 bits per heavy atom. The lowest BCUT2D eigenvalue weighted by Crippen LogP contribution is -2.71. The number of nitrogens with zero attached hydrogens (tertiary/aromatic N) is 5. The number of carbonyl (C=O) groups excluding carboxylic acids is 2. The third-order valence-corrected chi connectivity index (χ3v) is 9.58. The van der Waals surface area contributed by atoms with Crippen LogP contribution in [0.4, 0.5) is 0 Å². The van der Waals surface area contributed by atoms with E-state index in [1.165, 1.54) is 39.8 Å². The number of hydrogen-bond acceptors (Lipinski definition) is 12. The van der Waals surface area contributed by atoms with Crippen LogP contribution in [-0.2, 0) is 26.3 Å². The number of thioether (sulfide) groups is 2. The SMILES string of the molecule is CCON=C(C(=O)NC1C(=O)N2C(C(=O)O)=C(Sc3nc(-c4cc[n+](C)cc4)cs3)CS[C@H]12)c1nsc(=O)[nH]1. The van der Waals surface area contributed by atoms with Crippen molar-refractivity contribution in [2.45, 2.75) is 22.7 Å². The number of rotatable bonds is 9. The largest absolute Gasteiger partial charge is 0.477 e. The molecule has 0 saturated carbocycles. The Hall–Kier alpha value is -3.54. The van der Waals surface area contributed by atoms with Crippen LogP contribution in [0.5, 0.6) is 0 Å². The second kappa shape index (κ2) is 11.3. The number of aromatic amines is 1. The van der Waals surface area contributed by atoms with Crippen LogP contribution in [0.1, 0.15) is 12.7 Å². The molecule has 3 N–H and O–H groups in total. The minimum Gasteiger partial charge on any atom is -0.477 e. The average molecular weight is 607 g/mol. The molecule has 5 rings (SSSR count). The van der Waals surface area contributed by atoms with Crippen LogP contribution in [0.3, 0.4) is 0 Å². The van der Waals surface area contributed by atoms with Gasteiger partial charge in [0.15, 0.2) is 22.6 Å². The second-order valence-corrected chi connectivity index (χ2v) is 12.1. The number of pyridine rings is 1. The normalized spacial score (nSPS) is 19.0. The van der Waals surface area contributed by atoms with E-state index < -0.39 is 34.1 Å². The lowest BCUT2D eigenvalue weighted by molar-refractivity contribution is -0.671. The fourth-order valence-corrected chi connectivity index (χ4v) is 7.66. The molecule has 17 heteroatoms. The highest BCUT2D eigenvalue weighted by Gasteiger charge is 2.54. The Kier molecular flexibility index (Phi) is 7.83. The Morgan fingerprint density at radius 2 is 2.13 bits per heavy atom. The van der Waals surface area contributed by atoms with E-state index in [-0.39, 0.29) is 23.8 Å². The van der Waals surface area contributed by atoms with E-state index >= 15 is 0 Å². The molecule has 1 unspecified atom stereocenters. The molecule has 0 radical (unpaired) electrons. The number of oxime groups is 1. The molecule has 1 fully saturated rings. The average Bonchev–Trinajstić information content (AvgIpc) is 3.56. The molecule has 3 aromatic heterocycles. The number of hydrogen-bond donors (Lipinski definition) is 3. The Bertz CT molecular complexity index is 1560. The van der Waals surface area contributed by atoms with Gasteiger partial charge in [-0.25, -0.2) is 14.3 Å². The molecular formula is C22H20N7O6S4+. The Morgan fingerprint density at radius 3 is 2.79 bits per heavy atom. The van der Waals surface area contributed by atoms with Gasteiger partial charge < -0.3 is 15.3 Å². The summed E-state index contributed by atoms with van der Waals surface area (Å²) in [6.45, 7) is 1.83. The van der Waals surface area contributed by atoms with Crippen molar-refractivity contribution in [2.75, 3.05) is 12.4 Å². The number of fused-ring (bicyclic) bond motifs is 1. The number of β-lactam (4-membered cyclic amide) rings is 1. The van der Waals surface area contributed by atoms with Crippen LogP contribution in [0, 0.1) is 0 Å². The van der Waals surface area contributed by atoms with E-state index in [1.807, 2.05) is 41.5 Å². The minimum atomic E-state index is -1.24. The van der Waals surface area contributed by atoms with Crippen molar-refractivity contribution in [1.82, 2.24) is 24.6 Å². The van der Waals surface area contributed by atoms with Gasteiger partial charge >= 0.3 is 10.8 Å². The van der Waals surface area contributed by atoms with E-state index in [1.54, 1.807) is 6.92 Å². The maximum atomic E-state index is 13.1. The van der Waals surface area contributed by atoms with Crippen molar-refractivity contribution in [3.8, 4) is 11.3 Å². The van der Waals surface area contributed by atoms with Crippen LogP contribution in [0.25, 0.3) is 11.3 Å². The molecule has 0 aromatic carbocycles. The molecule has 2 aliphatic rings. The Balaban J connectivity index is 1.33. The number of nitrogens with one attached hydrogen (secondary N) is 2. The number of H-pyrrole nitrogens is 1. The zero-order valence-corrected chi connectivity index (χ0v) is 23.6. The van der Waals surface area contributed by atoms with Gasteiger partial charge in [0.25, 0.3) is 11.8 Å². The topological polar surface area (TPSA) is 171 Å². The summed E-state index contributed by atoms with van der Waals surface area (Å²) in [7, 11) is 1.92. The summed E-state index contributed by atoms with van der Waals surface area (Å²) in [5, 5.41) is 17.6. The fraction of sp³-hybridized carbons (Fsp3) is 0.273. The van der Waals surface area contributed by atoms with Crippen LogP contribution in [-0.4, -0.2) is 71.6 Å². The molecule has 2 aliphatic heterocycles. The summed E-state index contributed by atoms with van der Waals surface area (Å²) < 4.78 is 6.42. The van der Waals surface area contributed by atoms with Gasteiger partial charge in [-0.1, -0.05) is 16.9 Å². The molecule has 2 amide bonds. The first kappa shape index (κ1) is 27.0. The maximum Gasteiger partial charge on any atom is 0.353 e. The van der Waals surface area contributed by atoms with Crippen molar-refractivity contribution in [3.05, 3.63) is 56.0 Å². The predicted octanol–water partition coefficient (Wildman–Crippen LogP) is 1.01. The molecule has 5 heterocycles. The van der Waals surface area contributed by atoms with Gasteiger partial charge in [-0.2, -0.15) is 4.37 Å². The maximum absolute atomic E-state index is 13.1. The molecule has 1 saturated heterocycles. The van der Waals surface area contributed by atoms with Crippen LogP contribution in [0.15, 0.2) is 54.8 Å². The number of amides is 2. The van der Waals surface area contributed by atoms with E-state index in [4.69, 9.17) is 4.84 Å². The van der Waals surface area contributed by atoms with Crippen molar-refractivity contribution in [3.63, 3.8) is 0 Å². The van der Waals surface area contributed by atoms with Gasteiger partial charge in [-0.3, -0.25) is 24.3 Å². The van der Waals surface area contributed by atoms with Gasteiger partial charge in [-0.05, 0) is 6.92 Å². The third-order valence-electron chi connectivity index (χ3n) is 5.55. The highest BCUT2D eigenvalue weighted by atomic mass is 32.2. The third kappa shape index (κ3) is 5.47. The molecule has 0 spiro atoms. The molecule has 3 aromatic rings. The molecular weight excluding hydrogens is 587 g/mol. The van der Waals surface area contributed by atoms with E-state index in [0.29, 0.717) is 26.5 Å². The lowest BCUT2D eigenvalue weighted by Gasteiger charge is -2.49. The first-order chi connectivity index (χ1) is 18.8. The van der Waals surface area contributed by atoms with Crippen molar-refractivity contribution >= 4 is 69.9 Å². The quantitative estimate of drug-likeness (QED) is 0.138. The first-order valence-corrected chi connectivity index (χ1v) is 14.9. The van der Waals surface area contributed by atoms with E-state index in [9.17, 15) is 24.3 Å². The highest BCUT2D eigenvalue weighted by Crippen LogP contribution is 2.46. The van der Waals surface area contributed by atoms with Gasteiger partial charge in [0, 0.05) is 45.3 Å².